The highest BCUT2D eigenvalue weighted by Crippen LogP contribution is 2.29. The Hall–Kier alpha value is -1.78. The van der Waals surface area contributed by atoms with E-state index in [1.165, 1.54) is 6.07 Å². The Morgan fingerprint density at radius 3 is 2.30 bits per heavy atom. The fourth-order valence-corrected chi connectivity index (χ4v) is 2.52. The SMILES string of the molecule is Cl.Cl.NCC(=O)NCC(=O)NC1CCN(c2ccc(C(F)(F)F)cn2)CC1. The van der Waals surface area contributed by atoms with Crippen LogP contribution in [0.5, 0.6) is 0 Å². The summed E-state index contributed by atoms with van der Waals surface area (Å²) < 4.78 is 37.6. The number of carbonyl (C=O) groups is 2. The van der Waals surface area contributed by atoms with E-state index in [1.807, 2.05) is 4.90 Å². The first-order valence-corrected chi connectivity index (χ1v) is 7.84. The molecule has 1 aromatic rings. The minimum Gasteiger partial charge on any atom is -0.356 e. The second-order valence-electron chi connectivity index (χ2n) is 5.71. The molecular formula is C15H22Cl2F3N5O2. The van der Waals surface area contributed by atoms with Crippen molar-refractivity contribution in [1.29, 1.82) is 0 Å². The number of alkyl halides is 3. The second kappa shape index (κ2) is 11.2. The molecule has 27 heavy (non-hydrogen) atoms. The standard InChI is InChI=1S/C15H20F3N5O2.2ClH/c16-15(17,18)10-1-2-12(20-8-10)23-5-3-11(4-6-23)22-14(25)9-21-13(24)7-19;;/h1-2,8,11H,3-7,9,19H2,(H,21,24)(H,22,25);2*1H. The molecule has 0 radical (unpaired) electrons. The summed E-state index contributed by atoms with van der Waals surface area (Å²) in [5.74, 6) is -0.223. The van der Waals surface area contributed by atoms with Crippen molar-refractivity contribution in [1.82, 2.24) is 15.6 Å². The Morgan fingerprint density at radius 2 is 1.81 bits per heavy atom. The predicted octanol–water partition coefficient (Wildman–Crippen LogP) is 1.10. The Labute approximate surface area is 167 Å². The Kier molecular flexibility index (Phi) is 10.4. The predicted molar refractivity (Wildman–Crippen MR) is 99.2 cm³/mol. The molecule has 2 rings (SSSR count). The van der Waals surface area contributed by atoms with E-state index in [0.717, 1.165) is 12.3 Å². The number of pyridine rings is 1. The largest absolute Gasteiger partial charge is 0.417 e. The maximum atomic E-state index is 12.5. The summed E-state index contributed by atoms with van der Waals surface area (Å²) in [6.07, 6.45) is -2.30. The first-order valence-electron chi connectivity index (χ1n) is 7.84. The van der Waals surface area contributed by atoms with Gasteiger partial charge in [0.1, 0.15) is 5.82 Å². The molecule has 2 amide bonds. The number of anilines is 1. The van der Waals surface area contributed by atoms with Gasteiger partial charge in [0.2, 0.25) is 11.8 Å². The molecule has 1 aliphatic rings. The fourth-order valence-electron chi connectivity index (χ4n) is 2.52. The third-order valence-corrected chi connectivity index (χ3v) is 3.89. The van der Waals surface area contributed by atoms with Crippen LogP contribution in [0.1, 0.15) is 18.4 Å². The van der Waals surface area contributed by atoms with Crippen LogP contribution in [0.25, 0.3) is 0 Å². The van der Waals surface area contributed by atoms with Gasteiger partial charge >= 0.3 is 6.18 Å². The van der Waals surface area contributed by atoms with E-state index in [-0.39, 0.29) is 49.9 Å². The van der Waals surface area contributed by atoms with Gasteiger partial charge in [-0.1, -0.05) is 0 Å². The molecule has 7 nitrogen and oxygen atoms in total. The van der Waals surface area contributed by atoms with E-state index < -0.39 is 17.6 Å². The number of carbonyl (C=O) groups excluding carboxylic acids is 2. The molecule has 0 aliphatic carbocycles. The Balaban J connectivity index is 0.00000338. The summed E-state index contributed by atoms with van der Waals surface area (Å²) in [5, 5.41) is 5.19. The van der Waals surface area contributed by atoms with Crippen LogP contribution in [0.15, 0.2) is 18.3 Å². The highest BCUT2D eigenvalue weighted by atomic mass is 35.5. The van der Waals surface area contributed by atoms with Gasteiger partial charge in [0.25, 0.3) is 0 Å². The fraction of sp³-hybridized carbons (Fsp3) is 0.533. The van der Waals surface area contributed by atoms with Crippen LogP contribution in [0.4, 0.5) is 19.0 Å². The van der Waals surface area contributed by atoms with Crippen molar-refractivity contribution in [3.05, 3.63) is 23.9 Å². The van der Waals surface area contributed by atoms with Gasteiger partial charge in [-0.25, -0.2) is 4.98 Å². The molecule has 0 spiro atoms. The van der Waals surface area contributed by atoms with Crippen LogP contribution in [0.2, 0.25) is 0 Å². The van der Waals surface area contributed by atoms with Crippen LogP contribution in [0.3, 0.4) is 0 Å². The number of piperidine rings is 1. The van der Waals surface area contributed by atoms with Crippen LogP contribution in [-0.2, 0) is 15.8 Å². The van der Waals surface area contributed by atoms with Gasteiger partial charge < -0.3 is 21.3 Å². The minimum absolute atomic E-state index is 0. The number of rotatable bonds is 5. The van der Waals surface area contributed by atoms with Gasteiger partial charge in [0, 0.05) is 25.3 Å². The summed E-state index contributed by atoms with van der Waals surface area (Å²) in [6.45, 7) is 0.833. The van der Waals surface area contributed by atoms with E-state index in [2.05, 4.69) is 15.6 Å². The van der Waals surface area contributed by atoms with E-state index in [0.29, 0.717) is 31.7 Å². The van der Waals surface area contributed by atoms with Crippen LogP contribution in [0, 0.1) is 0 Å². The highest BCUT2D eigenvalue weighted by Gasteiger charge is 2.31. The van der Waals surface area contributed by atoms with Crippen molar-refractivity contribution in [2.24, 2.45) is 5.73 Å². The first kappa shape index (κ1) is 25.2. The van der Waals surface area contributed by atoms with Gasteiger partial charge in [-0.15, -0.1) is 24.8 Å². The zero-order valence-electron chi connectivity index (χ0n) is 14.3. The summed E-state index contributed by atoms with van der Waals surface area (Å²) in [6, 6.07) is 2.31. The van der Waals surface area contributed by atoms with Gasteiger partial charge in [-0.2, -0.15) is 13.2 Å². The topological polar surface area (TPSA) is 100 Å². The molecule has 1 fully saturated rings. The summed E-state index contributed by atoms with van der Waals surface area (Å²) in [7, 11) is 0. The molecular weight excluding hydrogens is 410 g/mol. The highest BCUT2D eigenvalue weighted by molar-refractivity contribution is 5.86. The molecule has 154 valence electrons. The molecule has 0 saturated carbocycles. The second-order valence-corrected chi connectivity index (χ2v) is 5.71. The maximum absolute atomic E-state index is 12.5. The number of amides is 2. The summed E-state index contributed by atoms with van der Waals surface area (Å²) in [5.41, 5.74) is 4.35. The first-order chi connectivity index (χ1) is 11.8. The Bertz CT molecular complexity index is 608. The number of hydrogen-bond acceptors (Lipinski definition) is 5. The number of nitrogens with two attached hydrogens (primary N) is 1. The lowest BCUT2D eigenvalue weighted by Crippen LogP contribution is -2.48. The molecule has 0 aromatic carbocycles. The van der Waals surface area contributed by atoms with Crippen LogP contribution < -0.4 is 21.3 Å². The van der Waals surface area contributed by atoms with Crippen molar-refractivity contribution >= 4 is 42.4 Å². The van der Waals surface area contributed by atoms with Gasteiger partial charge in [-0.05, 0) is 25.0 Å². The molecule has 0 atom stereocenters. The average molecular weight is 432 g/mol. The van der Waals surface area contributed by atoms with Gasteiger partial charge in [0.15, 0.2) is 0 Å². The van der Waals surface area contributed by atoms with Crippen molar-refractivity contribution < 1.29 is 22.8 Å². The van der Waals surface area contributed by atoms with Crippen molar-refractivity contribution in [2.45, 2.75) is 25.1 Å². The van der Waals surface area contributed by atoms with Crippen LogP contribution in [-0.4, -0.2) is 49.0 Å². The number of hydrogen-bond donors (Lipinski definition) is 3. The third-order valence-electron chi connectivity index (χ3n) is 3.89. The molecule has 0 bridgehead atoms. The van der Waals surface area contributed by atoms with E-state index in [1.54, 1.807) is 0 Å². The molecule has 2 heterocycles. The maximum Gasteiger partial charge on any atom is 0.417 e. The summed E-state index contributed by atoms with van der Waals surface area (Å²) >= 11 is 0. The van der Waals surface area contributed by atoms with Crippen molar-refractivity contribution in [3.8, 4) is 0 Å². The molecule has 1 saturated heterocycles. The van der Waals surface area contributed by atoms with Gasteiger partial charge in [-0.3, -0.25) is 9.59 Å². The lowest BCUT2D eigenvalue weighted by Gasteiger charge is -2.33. The van der Waals surface area contributed by atoms with E-state index in [9.17, 15) is 22.8 Å². The van der Waals surface area contributed by atoms with E-state index >= 15 is 0 Å². The zero-order valence-corrected chi connectivity index (χ0v) is 15.9. The number of aromatic nitrogens is 1. The third kappa shape index (κ3) is 7.77. The lowest BCUT2D eigenvalue weighted by atomic mass is 10.0. The smallest absolute Gasteiger partial charge is 0.356 e. The normalized spacial score (nSPS) is 14.6. The minimum atomic E-state index is -4.40. The number of nitrogens with one attached hydrogen (secondary N) is 2. The number of halogens is 5. The average Bonchev–Trinajstić information content (AvgIpc) is 2.59. The van der Waals surface area contributed by atoms with Crippen LogP contribution >= 0.6 is 24.8 Å². The molecule has 4 N–H and O–H groups in total. The zero-order chi connectivity index (χ0) is 18.4. The molecule has 0 unspecified atom stereocenters. The monoisotopic (exact) mass is 431 g/mol. The molecule has 1 aromatic heterocycles. The van der Waals surface area contributed by atoms with E-state index in [4.69, 9.17) is 5.73 Å². The van der Waals surface area contributed by atoms with Gasteiger partial charge in [0.05, 0.1) is 18.7 Å². The lowest BCUT2D eigenvalue weighted by molar-refractivity contribution is -0.137. The Morgan fingerprint density at radius 1 is 1.19 bits per heavy atom. The molecule has 12 heteroatoms. The number of nitrogens with zero attached hydrogens (tertiary/aromatic N) is 2. The quantitative estimate of drug-likeness (QED) is 0.648. The van der Waals surface area contributed by atoms with Crippen molar-refractivity contribution in [3.63, 3.8) is 0 Å². The summed E-state index contributed by atoms with van der Waals surface area (Å²) in [4.78, 5) is 28.5. The molecule has 1 aliphatic heterocycles. The van der Waals surface area contributed by atoms with Crippen molar-refractivity contribution in [2.75, 3.05) is 31.1 Å².